The van der Waals surface area contributed by atoms with Crippen LogP contribution in [0, 0.1) is 5.92 Å². The van der Waals surface area contributed by atoms with Crippen LogP contribution >= 0.6 is 0 Å². The molecule has 1 aromatic carbocycles. The van der Waals surface area contributed by atoms with Crippen molar-refractivity contribution in [1.82, 2.24) is 25.5 Å². The highest BCUT2D eigenvalue weighted by molar-refractivity contribution is 5.81. The van der Waals surface area contributed by atoms with Crippen molar-refractivity contribution in [3.8, 4) is 11.4 Å². The second-order valence-electron chi connectivity index (χ2n) is 6.59. The number of aromatic nitrogens is 4. The Hall–Kier alpha value is -2.32. The molecule has 1 saturated carbocycles. The van der Waals surface area contributed by atoms with E-state index in [0.717, 1.165) is 16.7 Å². The van der Waals surface area contributed by atoms with Gasteiger partial charge in [-0.15, -0.1) is 10.2 Å². The van der Waals surface area contributed by atoms with Gasteiger partial charge in [0, 0.05) is 38.8 Å². The summed E-state index contributed by atoms with van der Waals surface area (Å²) in [7, 11) is 3.35. The number of benzene rings is 1. The summed E-state index contributed by atoms with van der Waals surface area (Å²) in [5.41, 5.74) is 3.17. The van der Waals surface area contributed by atoms with Crippen molar-refractivity contribution in [3.63, 3.8) is 0 Å². The van der Waals surface area contributed by atoms with Crippen molar-refractivity contribution in [2.75, 3.05) is 14.2 Å². The molecular formula is C17H21N5O3. The molecule has 1 aliphatic carbocycles. The molecule has 8 nitrogen and oxygen atoms in total. The third kappa shape index (κ3) is 2.81. The van der Waals surface area contributed by atoms with Gasteiger partial charge in [0.05, 0.1) is 12.2 Å². The molecule has 1 aromatic heterocycles. The zero-order valence-electron chi connectivity index (χ0n) is 14.3. The summed E-state index contributed by atoms with van der Waals surface area (Å²) in [4.78, 5) is 14.9. The third-order valence-electron chi connectivity index (χ3n) is 5.28. The Morgan fingerprint density at radius 3 is 2.60 bits per heavy atom. The monoisotopic (exact) mass is 343 g/mol. The molecule has 132 valence electrons. The largest absolute Gasteiger partial charge is 0.379 e. The highest BCUT2D eigenvalue weighted by atomic mass is 16.5. The van der Waals surface area contributed by atoms with Crippen LogP contribution in [0.15, 0.2) is 18.2 Å². The standard InChI is InChI=1S/C17H21N5O3/c1-24-14-6-11(7-15(14)25-2)17(23)22-8-10-4-3-5-12(13(10)9-22)16-18-20-21-19-16/h3-5,11,14-15H,6-9H2,1-2H3,(H,18,19,20,21)/t11?,14-,15+. The van der Waals surface area contributed by atoms with Gasteiger partial charge in [-0.05, 0) is 29.2 Å². The number of hydrogen-bond donors (Lipinski definition) is 1. The summed E-state index contributed by atoms with van der Waals surface area (Å²) in [6, 6.07) is 5.99. The summed E-state index contributed by atoms with van der Waals surface area (Å²) in [6.45, 7) is 1.19. The molecule has 3 atom stereocenters. The van der Waals surface area contributed by atoms with E-state index in [4.69, 9.17) is 9.47 Å². The molecule has 0 bridgehead atoms. The second-order valence-corrected chi connectivity index (χ2v) is 6.59. The van der Waals surface area contributed by atoms with Gasteiger partial charge in [-0.3, -0.25) is 4.79 Å². The first kappa shape index (κ1) is 16.2. The number of carbonyl (C=O) groups is 1. The van der Waals surface area contributed by atoms with Gasteiger partial charge in [-0.2, -0.15) is 5.21 Å². The number of H-pyrrole nitrogens is 1. The molecule has 2 aliphatic rings. The second kappa shape index (κ2) is 6.53. The lowest BCUT2D eigenvalue weighted by molar-refractivity contribution is -0.136. The predicted molar refractivity (Wildman–Crippen MR) is 88.2 cm³/mol. The fourth-order valence-electron chi connectivity index (χ4n) is 3.98. The van der Waals surface area contributed by atoms with E-state index in [-0.39, 0.29) is 24.0 Å². The molecule has 25 heavy (non-hydrogen) atoms. The highest BCUT2D eigenvalue weighted by Gasteiger charge is 2.41. The van der Waals surface area contributed by atoms with Crippen LogP contribution in [0.2, 0.25) is 0 Å². The molecule has 1 N–H and O–H groups in total. The molecule has 8 heteroatoms. The molecule has 2 aromatic rings. The van der Waals surface area contributed by atoms with Crippen molar-refractivity contribution >= 4 is 5.91 Å². The minimum Gasteiger partial charge on any atom is -0.379 e. The Morgan fingerprint density at radius 1 is 1.20 bits per heavy atom. The molecular weight excluding hydrogens is 322 g/mol. The van der Waals surface area contributed by atoms with Gasteiger partial charge < -0.3 is 14.4 Å². The summed E-state index contributed by atoms with van der Waals surface area (Å²) < 4.78 is 10.9. The van der Waals surface area contributed by atoms with Crippen molar-refractivity contribution in [2.45, 2.75) is 38.1 Å². The summed E-state index contributed by atoms with van der Waals surface area (Å²) in [5.74, 6) is 0.667. The summed E-state index contributed by atoms with van der Waals surface area (Å²) in [5, 5.41) is 14.3. The Bertz CT molecular complexity index is 752. The lowest BCUT2D eigenvalue weighted by Gasteiger charge is -2.20. The van der Waals surface area contributed by atoms with Crippen LogP contribution in [-0.4, -0.2) is 57.9 Å². The summed E-state index contributed by atoms with van der Waals surface area (Å²) in [6.07, 6.45) is 1.38. The fourth-order valence-corrected chi connectivity index (χ4v) is 3.98. The number of rotatable bonds is 4. The Morgan fingerprint density at radius 2 is 1.96 bits per heavy atom. The maximum absolute atomic E-state index is 13.0. The maximum Gasteiger partial charge on any atom is 0.226 e. The molecule has 0 spiro atoms. The van der Waals surface area contributed by atoms with Crippen molar-refractivity contribution in [2.24, 2.45) is 5.92 Å². The quantitative estimate of drug-likeness (QED) is 0.895. The molecule has 1 fully saturated rings. The first-order valence-corrected chi connectivity index (χ1v) is 8.40. The third-order valence-corrected chi connectivity index (χ3v) is 5.28. The Kier molecular flexibility index (Phi) is 4.22. The Labute approximate surface area is 145 Å². The number of nitrogens with zero attached hydrogens (tertiary/aromatic N) is 4. The number of tetrazole rings is 1. The average Bonchev–Trinajstić information content (AvgIpc) is 3.38. The number of fused-ring (bicyclic) bond motifs is 1. The van der Waals surface area contributed by atoms with Crippen LogP contribution in [0.5, 0.6) is 0 Å². The number of ether oxygens (including phenoxy) is 2. The first-order chi connectivity index (χ1) is 12.2. The van der Waals surface area contributed by atoms with E-state index in [1.165, 1.54) is 0 Å². The van der Waals surface area contributed by atoms with Crippen LogP contribution < -0.4 is 0 Å². The lowest BCUT2D eigenvalue weighted by atomic mass is 10.0. The minimum absolute atomic E-state index is 0.0150. The fraction of sp³-hybridized carbons (Fsp3) is 0.529. The Balaban J connectivity index is 1.52. The van der Waals surface area contributed by atoms with E-state index in [0.29, 0.717) is 31.8 Å². The first-order valence-electron chi connectivity index (χ1n) is 8.40. The van der Waals surface area contributed by atoms with E-state index in [1.54, 1.807) is 14.2 Å². The number of amides is 1. The molecule has 0 saturated heterocycles. The van der Waals surface area contributed by atoms with Crippen molar-refractivity contribution < 1.29 is 14.3 Å². The molecule has 0 radical (unpaired) electrons. The molecule has 1 amide bonds. The van der Waals surface area contributed by atoms with E-state index in [1.807, 2.05) is 17.0 Å². The average molecular weight is 343 g/mol. The zero-order valence-corrected chi connectivity index (χ0v) is 14.3. The van der Waals surface area contributed by atoms with Gasteiger partial charge in [-0.1, -0.05) is 18.2 Å². The van der Waals surface area contributed by atoms with Gasteiger partial charge in [0.25, 0.3) is 0 Å². The lowest BCUT2D eigenvalue weighted by Crippen LogP contribution is -2.31. The van der Waals surface area contributed by atoms with Gasteiger partial charge >= 0.3 is 0 Å². The van der Waals surface area contributed by atoms with E-state index >= 15 is 0 Å². The predicted octanol–water partition coefficient (Wildman–Crippen LogP) is 1.15. The van der Waals surface area contributed by atoms with Gasteiger partial charge in [0.1, 0.15) is 0 Å². The highest BCUT2D eigenvalue weighted by Crippen LogP contribution is 2.36. The zero-order chi connectivity index (χ0) is 17.4. The molecule has 1 unspecified atom stereocenters. The van der Waals surface area contributed by atoms with Crippen molar-refractivity contribution in [3.05, 3.63) is 29.3 Å². The summed E-state index contributed by atoms with van der Waals surface area (Å²) >= 11 is 0. The van der Waals surface area contributed by atoms with Gasteiger partial charge in [0.15, 0.2) is 0 Å². The number of aromatic amines is 1. The molecule has 1 aliphatic heterocycles. The maximum atomic E-state index is 13.0. The minimum atomic E-state index is -0.0576. The van der Waals surface area contributed by atoms with Crippen LogP contribution in [0.1, 0.15) is 24.0 Å². The van der Waals surface area contributed by atoms with Crippen LogP contribution in [0.25, 0.3) is 11.4 Å². The van der Waals surface area contributed by atoms with E-state index in [9.17, 15) is 4.79 Å². The van der Waals surface area contributed by atoms with Gasteiger partial charge in [-0.25, -0.2) is 0 Å². The van der Waals surface area contributed by atoms with Crippen LogP contribution in [0.3, 0.4) is 0 Å². The SMILES string of the molecule is CO[C@H]1CC(C(=O)N2Cc3cccc(-c4nn[nH]n4)c3C2)C[C@H]1OC. The smallest absolute Gasteiger partial charge is 0.226 e. The molecule has 2 heterocycles. The number of carbonyl (C=O) groups excluding carboxylic acids is 1. The molecule has 4 rings (SSSR count). The topological polar surface area (TPSA) is 93.2 Å². The normalized spacial score (nSPS) is 25.4. The van der Waals surface area contributed by atoms with Crippen LogP contribution in [0.4, 0.5) is 0 Å². The number of nitrogens with one attached hydrogen (secondary N) is 1. The van der Waals surface area contributed by atoms with Crippen LogP contribution in [-0.2, 0) is 27.4 Å². The number of methoxy groups -OCH3 is 2. The van der Waals surface area contributed by atoms with Crippen molar-refractivity contribution in [1.29, 1.82) is 0 Å². The number of hydrogen-bond acceptors (Lipinski definition) is 6. The van der Waals surface area contributed by atoms with Gasteiger partial charge in [0.2, 0.25) is 11.7 Å². The van der Waals surface area contributed by atoms with E-state index < -0.39 is 0 Å². The van der Waals surface area contributed by atoms with E-state index in [2.05, 4.69) is 26.7 Å².